The van der Waals surface area contributed by atoms with E-state index in [1.54, 1.807) is 0 Å². The number of benzene rings is 1. The summed E-state index contributed by atoms with van der Waals surface area (Å²) in [4.78, 5) is 10.2. The van der Waals surface area contributed by atoms with E-state index < -0.39 is 6.09 Å². The van der Waals surface area contributed by atoms with Crippen molar-refractivity contribution >= 4 is 28.7 Å². The van der Waals surface area contributed by atoms with Gasteiger partial charge >= 0.3 is 6.09 Å². The quantitative estimate of drug-likeness (QED) is 0.839. The first-order valence-electron chi connectivity index (χ1n) is 3.23. The minimum absolute atomic E-state index is 0.798. The Labute approximate surface area is 84.0 Å². The highest BCUT2D eigenvalue weighted by molar-refractivity contribution is 14.1. The maximum absolute atomic E-state index is 10.2. The Balaban J connectivity index is 2.53. The molecule has 0 heterocycles. The SMILES string of the molecule is NC(=O)O[CH]c1ccc(I)cc1. The van der Waals surface area contributed by atoms with Gasteiger partial charge in [-0.2, -0.15) is 0 Å². The fourth-order valence-corrected chi connectivity index (χ4v) is 1.03. The van der Waals surface area contributed by atoms with Crippen molar-refractivity contribution in [2.24, 2.45) is 5.73 Å². The summed E-state index contributed by atoms with van der Waals surface area (Å²) in [7, 11) is 0. The normalized spacial score (nSPS) is 9.42. The highest BCUT2D eigenvalue weighted by Crippen LogP contribution is 2.08. The van der Waals surface area contributed by atoms with Crippen molar-refractivity contribution in [1.82, 2.24) is 0 Å². The minimum Gasteiger partial charge on any atom is -0.437 e. The molecule has 0 aromatic heterocycles. The van der Waals surface area contributed by atoms with Gasteiger partial charge in [-0.15, -0.1) is 0 Å². The summed E-state index contributed by atoms with van der Waals surface area (Å²) in [6.45, 7) is 1.32. The number of hydrogen-bond donors (Lipinski definition) is 1. The number of primary amides is 1. The minimum atomic E-state index is -0.798. The van der Waals surface area contributed by atoms with E-state index in [0.29, 0.717) is 0 Å². The third-order valence-electron chi connectivity index (χ3n) is 1.18. The third kappa shape index (κ3) is 3.08. The summed E-state index contributed by atoms with van der Waals surface area (Å²) < 4.78 is 5.61. The highest BCUT2D eigenvalue weighted by atomic mass is 127. The molecule has 0 aliphatic rings. The molecule has 0 spiro atoms. The van der Waals surface area contributed by atoms with Crippen LogP contribution in [0.1, 0.15) is 5.56 Å². The van der Waals surface area contributed by atoms with Gasteiger partial charge in [0, 0.05) is 3.57 Å². The monoisotopic (exact) mass is 276 g/mol. The van der Waals surface area contributed by atoms with Crippen LogP contribution in [0.3, 0.4) is 0 Å². The van der Waals surface area contributed by atoms with Gasteiger partial charge < -0.3 is 10.5 Å². The molecule has 0 aliphatic heterocycles. The Bertz CT molecular complexity index is 271. The number of rotatable bonds is 2. The van der Waals surface area contributed by atoms with Crippen LogP contribution >= 0.6 is 22.6 Å². The van der Waals surface area contributed by atoms with Gasteiger partial charge in [0.2, 0.25) is 0 Å². The van der Waals surface area contributed by atoms with E-state index in [9.17, 15) is 4.79 Å². The van der Waals surface area contributed by atoms with Gasteiger partial charge in [-0.25, -0.2) is 4.79 Å². The summed E-state index contributed by atoms with van der Waals surface area (Å²) in [5, 5.41) is 0. The van der Waals surface area contributed by atoms with Gasteiger partial charge in [-0.1, -0.05) is 12.1 Å². The number of carbonyl (C=O) groups excluding carboxylic acids is 1. The van der Waals surface area contributed by atoms with Crippen LogP contribution in [0.4, 0.5) is 4.79 Å². The molecule has 63 valence electrons. The zero-order valence-electron chi connectivity index (χ0n) is 6.16. The van der Waals surface area contributed by atoms with Crippen LogP contribution in [0.25, 0.3) is 0 Å². The van der Waals surface area contributed by atoms with Crippen molar-refractivity contribution in [2.45, 2.75) is 0 Å². The largest absolute Gasteiger partial charge is 0.437 e. The second kappa shape index (κ2) is 4.30. The molecule has 0 saturated carbocycles. The lowest BCUT2D eigenvalue weighted by atomic mass is 10.2. The molecule has 0 unspecified atom stereocenters. The second-order valence-electron chi connectivity index (χ2n) is 2.11. The lowest BCUT2D eigenvalue weighted by Crippen LogP contribution is -2.11. The third-order valence-corrected chi connectivity index (χ3v) is 1.90. The summed E-state index contributed by atoms with van der Waals surface area (Å²) in [6.07, 6.45) is -0.798. The van der Waals surface area contributed by atoms with Crippen LogP contribution in [0.2, 0.25) is 0 Å². The van der Waals surface area contributed by atoms with Crippen LogP contribution in [-0.4, -0.2) is 6.09 Å². The number of hydrogen-bond acceptors (Lipinski definition) is 2. The van der Waals surface area contributed by atoms with E-state index in [2.05, 4.69) is 27.3 Å². The first-order chi connectivity index (χ1) is 5.68. The van der Waals surface area contributed by atoms with Gasteiger partial charge in [-0.05, 0) is 40.3 Å². The molecule has 3 nitrogen and oxygen atoms in total. The average molecular weight is 276 g/mol. The summed E-state index contributed by atoms with van der Waals surface area (Å²) in [6, 6.07) is 7.50. The summed E-state index contributed by atoms with van der Waals surface area (Å²) in [5.41, 5.74) is 5.59. The van der Waals surface area contributed by atoms with E-state index in [-0.39, 0.29) is 0 Å². The summed E-state index contributed by atoms with van der Waals surface area (Å²) >= 11 is 2.19. The van der Waals surface area contributed by atoms with Crippen LogP contribution in [0.15, 0.2) is 24.3 Å². The zero-order valence-corrected chi connectivity index (χ0v) is 8.32. The van der Waals surface area contributed by atoms with Crippen molar-refractivity contribution in [2.75, 3.05) is 0 Å². The van der Waals surface area contributed by atoms with E-state index in [1.165, 1.54) is 6.61 Å². The molecule has 1 radical (unpaired) electrons. The fourth-order valence-electron chi connectivity index (χ4n) is 0.667. The number of nitrogens with two attached hydrogens (primary N) is 1. The Hall–Kier alpha value is -0.780. The molecule has 0 saturated heterocycles. The standard InChI is InChI=1S/C8H7INO2/c9-7-3-1-6(2-4-7)5-12-8(10)11/h1-5H,(H2,10,11). The van der Waals surface area contributed by atoms with Gasteiger partial charge in [-0.3, -0.25) is 0 Å². The molecule has 1 rings (SSSR count). The van der Waals surface area contributed by atoms with E-state index in [4.69, 9.17) is 5.73 Å². The van der Waals surface area contributed by atoms with E-state index >= 15 is 0 Å². The van der Waals surface area contributed by atoms with E-state index in [0.717, 1.165) is 9.13 Å². The summed E-state index contributed by atoms with van der Waals surface area (Å²) in [5.74, 6) is 0. The Morgan fingerprint density at radius 3 is 2.50 bits per heavy atom. The Kier molecular flexibility index (Phi) is 3.33. The maximum atomic E-state index is 10.2. The molecule has 1 amide bonds. The first-order valence-corrected chi connectivity index (χ1v) is 4.31. The smallest absolute Gasteiger partial charge is 0.405 e. The molecule has 2 N–H and O–H groups in total. The van der Waals surface area contributed by atoms with Crippen molar-refractivity contribution in [3.05, 3.63) is 40.0 Å². The number of ether oxygens (including phenoxy) is 1. The predicted octanol–water partition coefficient (Wildman–Crippen LogP) is 1.90. The average Bonchev–Trinajstić information content (AvgIpc) is 2.03. The number of halogens is 1. The molecule has 0 atom stereocenters. The molecule has 1 aromatic rings. The predicted molar refractivity (Wildman–Crippen MR) is 53.2 cm³/mol. The molecule has 0 bridgehead atoms. The maximum Gasteiger partial charge on any atom is 0.405 e. The molecule has 4 heteroatoms. The van der Waals surface area contributed by atoms with Crippen molar-refractivity contribution in [1.29, 1.82) is 0 Å². The second-order valence-corrected chi connectivity index (χ2v) is 3.35. The molecular weight excluding hydrogens is 269 g/mol. The first kappa shape index (κ1) is 9.31. The van der Waals surface area contributed by atoms with E-state index in [1.807, 2.05) is 24.3 Å². The van der Waals surface area contributed by atoms with Crippen LogP contribution in [0.5, 0.6) is 0 Å². The fraction of sp³-hybridized carbons (Fsp3) is 0. The van der Waals surface area contributed by atoms with Crippen molar-refractivity contribution < 1.29 is 9.53 Å². The van der Waals surface area contributed by atoms with Gasteiger partial charge in [0.1, 0.15) is 0 Å². The lowest BCUT2D eigenvalue weighted by molar-refractivity contribution is 0.186. The van der Waals surface area contributed by atoms with Crippen LogP contribution in [-0.2, 0) is 4.74 Å². The molecular formula is C8H7INO2. The van der Waals surface area contributed by atoms with Crippen molar-refractivity contribution in [3.63, 3.8) is 0 Å². The molecule has 12 heavy (non-hydrogen) atoms. The Morgan fingerprint density at radius 1 is 1.42 bits per heavy atom. The van der Waals surface area contributed by atoms with Gasteiger partial charge in [0.15, 0.2) is 6.61 Å². The van der Waals surface area contributed by atoms with Crippen molar-refractivity contribution in [3.8, 4) is 0 Å². The molecule has 1 aromatic carbocycles. The van der Waals surface area contributed by atoms with Crippen LogP contribution in [0, 0.1) is 10.2 Å². The Morgan fingerprint density at radius 2 is 2.00 bits per heavy atom. The zero-order chi connectivity index (χ0) is 8.97. The van der Waals surface area contributed by atoms with Gasteiger partial charge in [0.05, 0.1) is 0 Å². The number of amides is 1. The highest BCUT2D eigenvalue weighted by Gasteiger charge is 1.96. The van der Waals surface area contributed by atoms with Gasteiger partial charge in [0.25, 0.3) is 0 Å². The molecule has 0 fully saturated rings. The molecule has 0 aliphatic carbocycles. The van der Waals surface area contributed by atoms with Crippen LogP contribution < -0.4 is 5.73 Å². The number of carbonyl (C=O) groups is 1. The lowest BCUT2D eigenvalue weighted by Gasteiger charge is -1.99. The topological polar surface area (TPSA) is 52.3 Å².